The average Bonchev–Trinajstić information content (AvgIpc) is 3.15. The van der Waals surface area contributed by atoms with E-state index in [2.05, 4.69) is 89.9 Å². The van der Waals surface area contributed by atoms with Gasteiger partial charge in [0.25, 0.3) is 0 Å². The molecule has 0 rings (SSSR count). The van der Waals surface area contributed by atoms with Crippen LogP contribution in [-0.2, 0) is 13.6 Å². The predicted octanol–water partition coefficient (Wildman–Crippen LogP) is 14.1. The summed E-state index contributed by atoms with van der Waals surface area (Å²) in [7, 11) is -2.35. The third kappa shape index (κ3) is 40.4. The largest absolute Gasteiger partial charge is 0.395 e. The van der Waals surface area contributed by atoms with Gasteiger partial charge in [-0.2, -0.15) is 0 Å². The van der Waals surface area contributed by atoms with Crippen LogP contribution in [-0.4, -0.2) is 76.0 Å². The Bertz CT molecular complexity index is 932. The number of hydrogen-bond donors (Lipinski definition) is 2. The number of unbranched alkanes of at least 4 members (excludes halogenated alkanes) is 11. The molecule has 3 atom stereocenters. The molecule has 3 unspecified atom stereocenters. The number of ether oxygens (including phenoxy) is 1. The van der Waals surface area contributed by atoms with E-state index in [4.69, 9.17) is 13.6 Å². The zero-order valence-corrected chi connectivity index (χ0v) is 40.4. The highest BCUT2D eigenvalue weighted by molar-refractivity contribution is 6.64. The van der Waals surface area contributed by atoms with Crippen molar-refractivity contribution in [2.75, 3.05) is 46.1 Å². The maximum absolute atomic E-state index is 9.24. The summed E-state index contributed by atoms with van der Waals surface area (Å²) in [5.74, 6) is 2.52. The van der Waals surface area contributed by atoms with Crippen molar-refractivity contribution in [1.82, 2.24) is 4.90 Å². The first-order chi connectivity index (χ1) is 27.5. The lowest BCUT2D eigenvalue weighted by molar-refractivity contribution is -0.0939. The van der Waals surface area contributed by atoms with Crippen LogP contribution >= 0.6 is 0 Å². The second-order valence-electron chi connectivity index (χ2n) is 18.3. The standard InChI is InChI=1S/C50H99NO5Si/c1-9-10-11-12-13-14-15-16-17-18-19-20-21-22-25-37-50(56-57(7,8)55-44-27-24-23-26-39-51(40-42-52)41-43-53)54-45-38-49(6)36-30-35-48(5)34-29-33-47(4)32-28-31-46(2)3/h13-14,16-17,38,46-48,50,52-53H,9-12,15,18-37,39-45H2,1-8H3/b14-13-,17-16-,49-38+. The van der Waals surface area contributed by atoms with Crippen molar-refractivity contribution in [3.8, 4) is 0 Å². The van der Waals surface area contributed by atoms with Crippen molar-refractivity contribution in [1.29, 1.82) is 0 Å². The molecule has 0 saturated heterocycles. The van der Waals surface area contributed by atoms with E-state index in [1.165, 1.54) is 115 Å². The summed E-state index contributed by atoms with van der Waals surface area (Å²) in [6.07, 6.45) is 42.3. The first-order valence-corrected chi connectivity index (χ1v) is 27.2. The molecular formula is C50H99NO5Si. The van der Waals surface area contributed by atoms with Gasteiger partial charge in [0, 0.05) is 19.7 Å². The second-order valence-corrected chi connectivity index (χ2v) is 21.6. The number of allylic oxidation sites excluding steroid dienone is 5. The van der Waals surface area contributed by atoms with Gasteiger partial charge in [-0.25, -0.2) is 0 Å². The van der Waals surface area contributed by atoms with E-state index < -0.39 is 8.56 Å². The Kier molecular flexibility index (Phi) is 40.0. The molecule has 0 heterocycles. The summed E-state index contributed by atoms with van der Waals surface area (Å²) in [4.78, 5) is 2.13. The molecule has 0 aliphatic rings. The number of hydrogen-bond acceptors (Lipinski definition) is 6. The SMILES string of the molecule is CCCCC/C=C\C/C=C\CCCCCCCC(OC/C=C(\C)CCCC(C)CCCC(C)CCCC(C)C)O[Si](C)(C)OCCCCCCN(CCO)CCO. The summed E-state index contributed by atoms with van der Waals surface area (Å²) in [6, 6.07) is 0. The molecule has 0 saturated carbocycles. The van der Waals surface area contributed by atoms with Crippen LogP contribution in [0.25, 0.3) is 0 Å². The van der Waals surface area contributed by atoms with Gasteiger partial charge in [0.1, 0.15) is 6.29 Å². The molecule has 2 N–H and O–H groups in total. The molecule has 0 spiro atoms. The molecule has 0 aliphatic heterocycles. The van der Waals surface area contributed by atoms with Crippen molar-refractivity contribution in [3.05, 3.63) is 36.0 Å². The Hall–Kier alpha value is -0.803. The van der Waals surface area contributed by atoms with Gasteiger partial charge in [-0.3, -0.25) is 4.90 Å². The van der Waals surface area contributed by atoms with Gasteiger partial charge in [0.15, 0.2) is 0 Å². The van der Waals surface area contributed by atoms with E-state index >= 15 is 0 Å². The van der Waals surface area contributed by atoms with E-state index in [1.54, 1.807) is 0 Å². The van der Waals surface area contributed by atoms with Gasteiger partial charge in [0.05, 0.1) is 19.8 Å². The minimum absolute atomic E-state index is 0.141. The number of aliphatic hydroxyl groups excluding tert-OH is 2. The summed E-state index contributed by atoms with van der Waals surface area (Å²) >= 11 is 0. The monoisotopic (exact) mass is 822 g/mol. The van der Waals surface area contributed by atoms with E-state index in [0.29, 0.717) is 19.7 Å². The van der Waals surface area contributed by atoms with Crippen molar-refractivity contribution in [3.63, 3.8) is 0 Å². The molecule has 0 radical (unpaired) electrons. The number of rotatable bonds is 43. The van der Waals surface area contributed by atoms with Crippen LogP contribution < -0.4 is 0 Å². The van der Waals surface area contributed by atoms with Gasteiger partial charge >= 0.3 is 8.56 Å². The van der Waals surface area contributed by atoms with Crippen molar-refractivity contribution in [2.45, 2.75) is 221 Å². The molecule has 0 aromatic heterocycles. The molecule has 0 bridgehead atoms. The maximum Gasteiger partial charge on any atom is 0.333 e. The van der Waals surface area contributed by atoms with E-state index in [9.17, 15) is 10.2 Å². The maximum atomic E-state index is 9.24. The van der Waals surface area contributed by atoms with E-state index in [1.807, 2.05) is 0 Å². The Labute approximate surface area is 357 Å². The lowest BCUT2D eigenvalue weighted by Gasteiger charge is -2.29. The number of aliphatic hydroxyl groups is 2. The normalized spacial score (nSPS) is 14.6. The molecule has 7 heteroatoms. The minimum atomic E-state index is -2.35. The first-order valence-electron chi connectivity index (χ1n) is 24.4. The van der Waals surface area contributed by atoms with Crippen LogP contribution in [0.3, 0.4) is 0 Å². The molecule has 0 aliphatic carbocycles. The Morgan fingerprint density at radius 1 is 0.614 bits per heavy atom. The average molecular weight is 822 g/mol. The summed E-state index contributed by atoms with van der Waals surface area (Å²) in [6.45, 7) is 22.2. The highest BCUT2D eigenvalue weighted by atomic mass is 28.4. The van der Waals surface area contributed by atoms with Gasteiger partial charge < -0.3 is 23.8 Å². The second kappa shape index (κ2) is 40.6. The molecule has 0 aromatic rings. The molecule has 0 fully saturated rings. The fourth-order valence-electron chi connectivity index (χ4n) is 7.48. The van der Waals surface area contributed by atoms with E-state index in [0.717, 1.165) is 82.3 Å². The predicted molar refractivity (Wildman–Crippen MR) is 251 cm³/mol. The lowest BCUT2D eigenvalue weighted by Crippen LogP contribution is -2.40. The Balaban J connectivity index is 4.68. The molecule has 6 nitrogen and oxygen atoms in total. The van der Waals surface area contributed by atoms with Crippen LogP contribution in [0.5, 0.6) is 0 Å². The number of nitrogens with zero attached hydrogens (tertiary/aromatic N) is 1. The van der Waals surface area contributed by atoms with Gasteiger partial charge in [-0.05, 0) is 115 Å². The molecule has 57 heavy (non-hydrogen) atoms. The zero-order chi connectivity index (χ0) is 42.2. The highest BCUT2D eigenvalue weighted by Crippen LogP contribution is 2.23. The molecule has 0 amide bonds. The van der Waals surface area contributed by atoms with Crippen LogP contribution in [0.4, 0.5) is 0 Å². The van der Waals surface area contributed by atoms with Crippen molar-refractivity contribution in [2.24, 2.45) is 17.8 Å². The highest BCUT2D eigenvalue weighted by Gasteiger charge is 2.29. The van der Waals surface area contributed by atoms with Crippen molar-refractivity contribution >= 4 is 8.56 Å². The molecular weight excluding hydrogens is 723 g/mol. The van der Waals surface area contributed by atoms with Crippen LogP contribution in [0.2, 0.25) is 13.1 Å². The first kappa shape index (κ1) is 56.2. The smallest absolute Gasteiger partial charge is 0.333 e. The summed E-state index contributed by atoms with van der Waals surface area (Å²) in [5.41, 5.74) is 1.43. The Morgan fingerprint density at radius 3 is 1.81 bits per heavy atom. The van der Waals surface area contributed by atoms with E-state index in [-0.39, 0.29) is 19.5 Å². The third-order valence-corrected chi connectivity index (χ3v) is 13.0. The third-order valence-electron chi connectivity index (χ3n) is 11.3. The van der Waals surface area contributed by atoms with Gasteiger partial charge in [-0.1, -0.05) is 160 Å². The Morgan fingerprint density at radius 2 is 1.18 bits per heavy atom. The summed E-state index contributed by atoms with van der Waals surface area (Å²) in [5, 5.41) is 18.5. The summed E-state index contributed by atoms with van der Waals surface area (Å²) < 4.78 is 19.5. The fraction of sp³-hybridized carbons (Fsp3) is 0.880. The topological polar surface area (TPSA) is 71.4 Å². The van der Waals surface area contributed by atoms with Crippen molar-refractivity contribution < 1.29 is 23.8 Å². The molecule has 338 valence electrons. The van der Waals surface area contributed by atoms with Gasteiger partial charge in [0.2, 0.25) is 0 Å². The quantitative estimate of drug-likeness (QED) is 0.0276. The van der Waals surface area contributed by atoms with Crippen LogP contribution in [0.1, 0.15) is 202 Å². The zero-order valence-electron chi connectivity index (χ0n) is 39.4. The van der Waals surface area contributed by atoms with Crippen LogP contribution in [0.15, 0.2) is 36.0 Å². The fourth-order valence-corrected chi connectivity index (χ4v) is 9.01. The minimum Gasteiger partial charge on any atom is -0.395 e. The van der Waals surface area contributed by atoms with Crippen LogP contribution in [0, 0.1) is 17.8 Å². The van der Waals surface area contributed by atoms with Gasteiger partial charge in [-0.15, -0.1) is 0 Å². The molecule has 0 aromatic carbocycles. The lowest BCUT2D eigenvalue weighted by atomic mass is 9.91.